The summed E-state index contributed by atoms with van der Waals surface area (Å²) in [7, 11) is 0. The summed E-state index contributed by atoms with van der Waals surface area (Å²) in [6.07, 6.45) is 0. The van der Waals surface area contributed by atoms with Crippen molar-refractivity contribution in [2.75, 3.05) is 6.61 Å². The molecule has 1 atom stereocenters. The van der Waals surface area contributed by atoms with Crippen LogP contribution in [0.15, 0.2) is 32.3 Å². The molecule has 0 radical (unpaired) electrons. The number of phenols is 1. The van der Waals surface area contributed by atoms with Gasteiger partial charge in [0.2, 0.25) is 0 Å². The van der Waals surface area contributed by atoms with Crippen molar-refractivity contribution in [2.24, 2.45) is 5.92 Å². The Hall–Kier alpha value is -1.54. The number of hydrogen-bond donors (Lipinski definition) is 3. The second-order valence-electron chi connectivity index (χ2n) is 5.90. The highest BCUT2D eigenvalue weighted by Crippen LogP contribution is 2.37. The van der Waals surface area contributed by atoms with E-state index in [1.165, 1.54) is 0 Å². The van der Waals surface area contributed by atoms with Gasteiger partial charge in [-0.1, -0.05) is 13.8 Å². The number of hydrogen-bond acceptors (Lipinski definition) is 4. The van der Waals surface area contributed by atoms with Crippen molar-refractivity contribution in [3.8, 4) is 5.75 Å². The number of carbonyl (C=O) groups excluding carboxylic acids is 2. The Balaban J connectivity index is 2.43. The van der Waals surface area contributed by atoms with Crippen molar-refractivity contribution in [1.29, 1.82) is 0 Å². The van der Waals surface area contributed by atoms with E-state index in [9.17, 15) is 14.7 Å². The van der Waals surface area contributed by atoms with Crippen molar-refractivity contribution in [3.63, 3.8) is 0 Å². The second kappa shape index (κ2) is 7.57. The van der Waals surface area contributed by atoms with Crippen LogP contribution in [0.1, 0.15) is 32.4 Å². The summed E-state index contributed by atoms with van der Waals surface area (Å²) in [5, 5.41) is 15.2. The molecular weight excluding hydrogens is 444 g/mol. The third-order valence-electron chi connectivity index (χ3n) is 3.41. The third-order valence-corrected chi connectivity index (χ3v) is 4.62. The van der Waals surface area contributed by atoms with Gasteiger partial charge in [0.05, 0.1) is 27.2 Å². The van der Waals surface area contributed by atoms with Gasteiger partial charge in [-0.3, -0.25) is 0 Å². The lowest BCUT2D eigenvalue weighted by molar-refractivity contribution is -0.140. The summed E-state index contributed by atoms with van der Waals surface area (Å²) in [6, 6.07) is 2.23. The highest BCUT2D eigenvalue weighted by molar-refractivity contribution is 9.11. The molecule has 0 saturated carbocycles. The first kappa shape index (κ1) is 18.8. The second-order valence-corrected chi connectivity index (χ2v) is 7.60. The molecule has 130 valence electrons. The average molecular weight is 462 g/mol. The summed E-state index contributed by atoms with van der Waals surface area (Å²) in [5.41, 5.74) is 1.41. The number of carbonyl (C=O) groups is 2. The Bertz CT molecular complexity index is 693. The molecule has 2 amide bonds. The van der Waals surface area contributed by atoms with Crippen LogP contribution in [0.25, 0.3) is 0 Å². The zero-order chi connectivity index (χ0) is 18.0. The van der Waals surface area contributed by atoms with Crippen LogP contribution in [-0.4, -0.2) is 23.7 Å². The van der Waals surface area contributed by atoms with Gasteiger partial charge >= 0.3 is 12.0 Å². The van der Waals surface area contributed by atoms with Crippen molar-refractivity contribution in [1.82, 2.24) is 10.6 Å². The van der Waals surface area contributed by atoms with E-state index in [0.717, 1.165) is 0 Å². The summed E-state index contributed by atoms with van der Waals surface area (Å²) < 4.78 is 6.23. The molecule has 1 heterocycles. The van der Waals surface area contributed by atoms with Crippen LogP contribution in [-0.2, 0) is 9.53 Å². The molecule has 1 unspecified atom stereocenters. The van der Waals surface area contributed by atoms with Gasteiger partial charge in [0.15, 0.2) is 0 Å². The Morgan fingerprint density at radius 3 is 2.46 bits per heavy atom. The summed E-state index contributed by atoms with van der Waals surface area (Å²) in [6.45, 7) is 5.84. The topological polar surface area (TPSA) is 87.7 Å². The van der Waals surface area contributed by atoms with Crippen LogP contribution in [0.4, 0.5) is 4.79 Å². The molecule has 0 spiro atoms. The SMILES string of the molecule is CC1=C(C(=O)OCC(C)C)C(c2cc(Br)c(O)c(Br)c2)NC(=O)N1. The van der Waals surface area contributed by atoms with E-state index < -0.39 is 18.0 Å². The number of aromatic hydroxyl groups is 1. The van der Waals surface area contributed by atoms with Crippen LogP contribution in [0.2, 0.25) is 0 Å². The zero-order valence-electron chi connectivity index (χ0n) is 13.4. The van der Waals surface area contributed by atoms with Crippen LogP contribution in [0, 0.1) is 5.92 Å². The maximum absolute atomic E-state index is 12.5. The quantitative estimate of drug-likeness (QED) is 0.596. The molecule has 0 saturated heterocycles. The number of allylic oxidation sites excluding steroid dienone is 1. The van der Waals surface area contributed by atoms with Gasteiger partial charge in [-0.25, -0.2) is 9.59 Å². The lowest BCUT2D eigenvalue weighted by atomic mass is 9.95. The average Bonchev–Trinajstić information content (AvgIpc) is 2.49. The molecule has 1 aliphatic heterocycles. The van der Waals surface area contributed by atoms with E-state index in [-0.39, 0.29) is 11.7 Å². The Kier molecular flexibility index (Phi) is 5.92. The predicted molar refractivity (Wildman–Crippen MR) is 96.4 cm³/mol. The minimum Gasteiger partial charge on any atom is -0.506 e. The molecule has 3 N–H and O–H groups in total. The summed E-state index contributed by atoms with van der Waals surface area (Å²) in [5.74, 6) is -0.237. The van der Waals surface area contributed by atoms with E-state index in [2.05, 4.69) is 42.5 Å². The number of rotatable bonds is 4. The fraction of sp³-hybridized carbons (Fsp3) is 0.375. The highest BCUT2D eigenvalue weighted by Gasteiger charge is 2.33. The molecule has 1 aliphatic rings. The van der Waals surface area contributed by atoms with Crippen molar-refractivity contribution in [2.45, 2.75) is 26.8 Å². The summed E-state index contributed by atoms with van der Waals surface area (Å²) in [4.78, 5) is 24.3. The van der Waals surface area contributed by atoms with Gasteiger partial charge in [-0.2, -0.15) is 0 Å². The standard InChI is InChI=1S/C16H18Br2N2O4/c1-7(2)6-24-15(22)12-8(3)19-16(23)20-13(12)9-4-10(17)14(21)11(18)5-9/h4-5,7,13,21H,6H2,1-3H3,(H2,19,20,23). The maximum Gasteiger partial charge on any atom is 0.338 e. The molecule has 0 aliphatic carbocycles. The van der Waals surface area contributed by atoms with Gasteiger partial charge < -0.3 is 20.5 Å². The first-order chi connectivity index (χ1) is 11.2. The molecule has 0 aromatic heterocycles. The zero-order valence-corrected chi connectivity index (χ0v) is 16.6. The minimum atomic E-state index is -0.674. The summed E-state index contributed by atoms with van der Waals surface area (Å²) >= 11 is 6.52. The normalized spacial score (nSPS) is 17.6. The number of phenolic OH excluding ortho intramolecular Hbond substituents is 1. The molecule has 24 heavy (non-hydrogen) atoms. The molecule has 8 heteroatoms. The Morgan fingerprint density at radius 1 is 1.33 bits per heavy atom. The molecule has 2 rings (SSSR count). The highest BCUT2D eigenvalue weighted by atomic mass is 79.9. The fourth-order valence-electron chi connectivity index (χ4n) is 2.29. The van der Waals surface area contributed by atoms with E-state index in [1.54, 1.807) is 19.1 Å². The number of amides is 2. The first-order valence-electron chi connectivity index (χ1n) is 7.34. The van der Waals surface area contributed by atoms with E-state index in [4.69, 9.17) is 4.74 Å². The molecule has 1 aromatic rings. The molecule has 1 aromatic carbocycles. The van der Waals surface area contributed by atoms with Gasteiger partial charge in [0.1, 0.15) is 5.75 Å². The lowest BCUT2D eigenvalue weighted by Crippen LogP contribution is -2.45. The van der Waals surface area contributed by atoms with E-state index >= 15 is 0 Å². The number of urea groups is 1. The first-order valence-corrected chi connectivity index (χ1v) is 8.92. The smallest absolute Gasteiger partial charge is 0.338 e. The van der Waals surface area contributed by atoms with E-state index in [0.29, 0.717) is 32.4 Å². The van der Waals surface area contributed by atoms with Gasteiger partial charge in [-0.05, 0) is 62.4 Å². The van der Waals surface area contributed by atoms with Crippen molar-refractivity contribution in [3.05, 3.63) is 37.9 Å². The molecule has 0 fully saturated rings. The van der Waals surface area contributed by atoms with Crippen LogP contribution in [0.5, 0.6) is 5.75 Å². The van der Waals surface area contributed by atoms with Gasteiger partial charge in [-0.15, -0.1) is 0 Å². The molecule has 0 bridgehead atoms. The fourth-order valence-corrected chi connectivity index (χ4v) is 3.51. The monoisotopic (exact) mass is 460 g/mol. The van der Waals surface area contributed by atoms with Crippen LogP contribution >= 0.6 is 31.9 Å². The van der Waals surface area contributed by atoms with Crippen LogP contribution in [0.3, 0.4) is 0 Å². The van der Waals surface area contributed by atoms with Gasteiger partial charge in [0.25, 0.3) is 0 Å². The number of ether oxygens (including phenoxy) is 1. The van der Waals surface area contributed by atoms with Gasteiger partial charge in [0, 0.05) is 5.70 Å². The predicted octanol–water partition coefficient (Wildman–Crippen LogP) is 3.74. The van der Waals surface area contributed by atoms with Crippen LogP contribution < -0.4 is 10.6 Å². The Labute approximate surface area is 156 Å². The van der Waals surface area contributed by atoms with Crippen molar-refractivity contribution < 1.29 is 19.4 Å². The largest absolute Gasteiger partial charge is 0.506 e. The minimum absolute atomic E-state index is 0.0450. The number of benzene rings is 1. The lowest BCUT2D eigenvalue weighted by Gasteiger charge is -2.28. The molecule has 6 nitrogen and oxygen atoms in total. The molecular formula is C16H18Br2N2O4. The Morgan fingerprint density at radius 2 is 1.92 bits per heavy atom. The maximum atomic E-state index is 12.5. The number of esters is 1. The third kappa shape index (κ3) is 4.10. The van der Waals surface area contributed by atoms with E-state index in [1.807, 2.05) is 13.8 Å². The number of nitrogens with one attached hydrogen (secondary N) is 2. The number of halogens is 2. The van der Waals surface area contributed by atoms with Crippen molar-refractivity contribution >= 4 is 43.9 Å².